The lowest BCUT2D eigenvalue weighted by atomic mass is 9.79. The molecular weight excluding hydrogens is 637 g/mol. The minimum atomic E-state index is -1.12. The molecule has 254 valence electrons. The molecule has 3 aromatic heterocycles. The zero-order chi connectivity index (χ0) is 34.3. The fourth-order valence-corrected chi connectivity index (χ4v) is 8.59. The van der Waals surface area contributed by atoms with Crippen molar-refractivity contribution in [2.45, 2.75) is 64.6 Å². The monoisotopic (exact) mass is 678 g/mol. The molecule has 0 radical (unpaired) electrons. The molecule has 5 aromatic rings. The van der Waals surface area contributed by atoms with E-state index in [2.05, 4.69) is 4.98 Å². The van der Waals surface area contributed by atoms with Crippen LogP contribution in [0.2, 0.25) is 0 Å². The normalized spacial score (nSPS) is 19.3. The number of nitrogens with zero attached hydrogens (tertiary/aromatic N) is 6. The average molecular weight is 679 g/mol. The van der Waals surface area contributed by atoms with Crippen molar-refractivity contribution in [3.8, 4) is 10.6 Å². The molecule has 2 saturated heterocycles. The van der Waals surface area contributed by atoms with Gasteiger partial charge in [0.2, 0.25) is 5.91 Å². The van der Waals surface area contributed by atoms with E-state index < -0.39 is 5.60 Å². The molecule has 0 bridgehead atoms. The lowest BCUT2D eigenvalue weighted by Gasteiger charge is -2.43. The van der Waals surface area contributed by atoms with Crippen molar-refractivity contribution in [2.75, 3.05) is 26.2 Å². The van der Waals surface area contributed by atoms with Gasteiger partial charge in [0.15, 0.2) is 0 Å². The van der Waals surface area contributed by atoms with E-state index in [0.29, 0.717) is 61.4 Å². The number of rotatable bonds is 7. The molecule has 2 aliphatic rings. The second kappa shape index (κ2) is 13.4. The highest BCUT2D eigenvalue weighted by molar-refractivity contribution is 7.17. The predicted molar refractivity (Wildman–Crippen MR) is 191 cm³/mol. The van der Waals surface area contributed by atoms with E-state index in [1.54, 1.807) is 6.07 Å². The number of aliphatic hydroxyl groups is 1. The lowest BCUT2D eigenvalue weighted by Crippen LogP contribution is -2.53. The number of hydrogen-bond acceptors (Lipinski definition) is 7. The molecule has 0 unspecified atom stereocenters. The Bertz CT molecular complexity index is 2060. The van der Waals surface area contributed by atoms with Crippen molar-refractivity contribution in [3.63, 3.8) is 0 Å². The number of aromatic nitrogens is 4. The quantitative estimate of drug-likeness (QED) is 0.252. The van der Waals surface area contributed by atoms with E-state index in [4.69, 9.17) is 4.98 Å². The fraction of sp³-hybridized carbons (Fsp3) is 0.395. The Balaban J connectivity index is 1.05. The van der Waals surface area contributed by atoms with Gasteiger partial charge in [0.05, 0.1) is 23.2 Å². The first-order valence-corrected chi connectivity index (χ1v) is 17.9. The van der Waals surface area contributed by atoms with E-state index in [9.17, 15) is 19.5 Å². The van der Waals surface area contributed by atoms with Gasteiger partial charge in [-0.1, -0.05) is 54.6 Å². The molecule has 2 aliphatic heterocycles. The summed E-state index contributed by atoms with van der Waals surface area (Å²) in [5, 5.41) is 12.9. The number of hydrogen-bond donors (Lipinski definition) is 1. The highest BCUT2D eigenvalue weighted by Crippen LogP contribution is 2.37. The van der Waals surface area contributed by atoms with Gasteiger partial charge < -0.3 is 19.5 Å². The van der Waals surface area contributed by atoms with E-state index in [1.165, 1.54) is 22.2 Å². The maximum atomic E-state index is 14.2. The third-order valence-electron chi connectivity index (χ3n) is 10.4. The number of fused-ring (bicyclic) bond motifs is 1. The van der Waals surface area contributed by atoms with Gasteiger partial charge in [0, 0.05) is 56.3 Å². The zero-order valence-corrected chi connectivity index (χ0v) is 29.0. The number of amides is 2. The van der Waals surface area contributed by atoms with E-state index in [-0.39, 0.29) is 35.8 Å². The Morgan fingerprint density at radius 3 is 2.43 bits per heavy atom. The van der Waals surface area contributed by atoms with Crippen LogP contribution in [0.4, 0.5) is 0 Å². The second-order valence-electron chi connectivity index (χ2n) is 13.5. The van der Waals surface area contributed by atoms with Gasteiger partial charge in [0.25, 0.3) is 11.5 Å². The molecule has 5 heterocycles. The molecule has 2 aromatic carbocycles. The number of carbonyl (C=O) groups is 2. The van der Waals surface area contributed by atoms with Crippen molar-refractivity contribution in [2.24, 2.45) is 5.92 Å². The highest BCUT2D eigenvalue weighted by Gasteiger charge is 2.42. The first kappa shape index (κ1) is 32.9. The summed E-state index contributed by atoms with van der Waals surface area (Å²) in [7, 11) is 0. The maximum absolute atomic E-state index is 14.2. The number of benzene rings is 2. The summed E-state index contributed by atoms with van der Waals surface area (Å²) in [6.45, 7) is 8.50. The minimum absolute atomic E-state index is 0.0427. The van der Waals surface area contributed by atoms with Crippen molar-refractivity contribution in [1.82, 2.24) is 28.9 Å². The zero-order valence-electron chi connectivity index (χ0n) is 28.2. The smallest absolute Gasteiger partial charge is 0.265 e. The molecule has 0 spiro atoms. The molecule has 11 heteroatoms. The Labute approximate surface area is 289 Å². The Morgan fingerprint density at radius 1 is 0.959 bits per heavy atom. The maximum Gasteiger partial charge on any atom is 0.265 e. The van der Waals surface area contributed by atoms with Crippen LogP contribution in [0.5, 0.6) is 0 Å². The van der Waals surface area contributed by atoms with Crippen LogP contribution in [0.15, 0.2) is 78.0 Å². The Hall–Kier alpha value is -4.61. The van der Waals surface area contributed by atoms with Gasteiger partial charge in [-0.3, -0.25) is 19.0 Å². The van der Waals surface area contributed by atoms with Crippen LogP contribution in [-0.4, -0.2) is 77.6 Å². The molecular formula is C38H42N6O4S. The summed E-state index contributed by atoms with van der Waals surface area (Å²) in [4.78, 5) is 55.0. The van der Waals surface area contributed by atoms with Gasteiger partial charge in [-0.15, -0.1) is 11.3 Å². The summed E-state index contributed by atoms with van der Waals surface area (Å²) in [6, 6.07) is 19.8. The highest BCUT2D eigenvalue weighted by atomic mass is 32.1. The van der Waals surface area contributed by atoms with Gasteiger partial charge in [-0.2, -0.15) is 0 Å². The summed E-state index contributed by atoms with van der Waals surface area (Å²) < 4.78 is 3.42. The van der Waals surface area contributed by atoms with Gasteiger partial charge in [-0.25, -0.2) is 9.97 Å². The summed E-state index contributed by atoms with van der Waals surface area (Å²) in [5.74, 6) is -0.443. The van der Waals surface area contributed by atoms with Crippen LogP contribution in [0.25, 0.3) is 21.6 Å². The number of thiazole rings is 1. The van der Waals surface area contributed by atoms with Crippen LogP contribution >= 0.6 is 11.3 Å². The SMILES string of the molecule is CCn1ccc2c(=O)n(CC3(O)CCN(C(=O)[C@@H]4CCN(C(=O)c5sc(-c6ccccc6C)nc5C)C[C@H]4c4ccccc4)CC3)cnc21. The van der Waals surface area contributed by atoms with Gasteiger partial charge in [-0.05, 0) is 57.2 Å². The van der Waals surface area contributed by atoms with Gasteiger partial charge in [0.1, 0.15) is 21.9 Å². The molecule has 2 amide bonds. The minimum Gasteiger partial charge on any atom is -0.388 e. The van der Waals surface area contributed by atoms with Crippen molar-refractivity contribution in [3.05, 3.63) is 105 Å². The molecule has 10 nitrogen and oxygen atoms in total. The topological polar surface area (TPSA) is 114 Å². The number of piperidine rings is 2. The summed E-state index contributed by atoms with van der Waals surface area (Å²) in [5.41, 5.74) is 3.26. The fourth-order valence-electron chi connectivity index (χ4n) is 7.46. The average Bonchev–Trinajstić information content (AvgIpc) is 3.73. The summed E-state index contributed by atoms with van der Waals surface area (Å²) in [6.07, 6.45) is 4.64. The molecule has 1 N–H and O–H groups in total. The van der Waals surface area contributed by atoms with Crippen LogP contribution in [0, 0.1) is 19.8 Å². The molecule has 7 rings (SSSR count). The van der Waals surface area contributed by atoms with E-state index in [1.807, 2.05) is 95.9 Å². The van der Waals surface area contributed by atoms with Crippen LogP contribution < -0.4 is 5.56 Å². The first-order chi connectivity index (χ1) is 23.7. The molecule has 2 fully saturated rings. The number of carbonyl (C=O) groups excluding carboxylic acids is 2. The van der Waals surface area contributed by atoms with Crippen molar-refractivity contribution in [1.29, 1.82) is 0 Å². The number of likely N-dealkylation sites (tertiary alicyclic amines) is 2. The molecule has 49 heavy (non-hydrogen) atoms. The van der Waals surface area contributed by atoms with Crippen molar-refractivity contribution < 1.29 is 14.7 Å². The molecule has 0 saturated carbocycles. The van der Waals surface area contributed by atoms with Crippen LogP contribution in [0.1, 0.15) is 58.6 Å². The molecule has 2 atom stereocenters. The van der Waals surface area contributed by atoms with Crippen LogP contribution in [-0.2, 0) is 17.9 Å². The summed E-state index contributed by atoms with van der Waals surface area (Å²) >= 11 is 1.43. The van der Waals surface area contributed by atoms with Gasteiger partial charge >= 0.3 is 0 Å². The van der Waals surface area contributed by atoms with Crippen LogP contribution in [0.3, 0.4) is 0 Å². The lowest BCUT2D eigenvalue weighted by molar-refractivity contribution is -0.142. The number of aryl methyl sites for hydroxylation is 3. The largest absolute Gasteiger partial charge is 0.388 e. The molecule has 0 aliphatic carbocycles. The predicted octanol–water partition coefficient (Wildman–Crippen LogP) is 5.26. The Kier molecular flexibility index (Phi) is 8.97. The first-order valence-electron chi connectivity index (χ1n) is 17.1. The third kappa shape index (κ3) is 6.33. The standard InChI is InChI=1S/C38H42N6O4S/c1-4-41-18-15-30-33(41)39-24-44(36(30)46)23-38(48)16-20-42(21-17-38)35(45)29-14-19-43(22-31(29)27-11-6-5-7-12-27)37(47)32-26(3)40-34(49-32)28-13-9-8-10-25(28)2/h5-13,15,18,24,29,31,48H,4,14,16-17,19-23H2,1-3H3/t29-,31+/m1/s1. The Morgan fingerprint density at radius 2 is 1.69 bits per heavy atom. The second-order valence-corrected chi connectivity index (χ2v) is 14.5. The van der Waals surface area contributed by atoms with Crippen molar-refractivity contribution >= 4 is 34.2 Å². The third-order valence-corrected chi connectivity index (χ3v) is 11.5. The van der Waals surface area contributed by atoms with E-state index >= 15 is 0 Å². The van der Waals surface area contributed by atoms with E-state index in [0.717, 1.165) is 33.9 Å².